The lowest BCUT2D eigenvalue weighted by Crippen LogP contribution is -2.37. The molecular formula is C19H22N4O3S. The van der Waals surface area contributed by atoms with Gasteiger partial charge in [0.25, 0.3) is 5.91 Å². The number of hydrogen-bond acceptors (Lipinski definition) is 6. The summed E-state index contributed by atoms with van der Waals surface area (Å²) in [6.07, 6.45) is 0.0667. The molecule has 0 bridgehead atoms. The molecule has 0 radical (unpaired) electrons. The molecule has 2 aromatic rings. The number of benzene rings is 1. The highest BCUT2D eigenvalue weighted by molar-refractivity contribution is 7.17. The highest BCUT2D eigenvalue weighted by atomic mass is 32.1. The first kappa shape index (κ1) is 14.6. The van der Waals surface area contributed by atoms with Crippen LogP contribution in [0.25, 0.3) is 0 Å². The number of carbonyl (C=O) groups is 2. The van der Waals surface area contributed by atoms with Gasteiger partial charge in [-0.2, -0.15) is 0 Å². The van der Waals surface area contributed by atoms with E-state index in [0.717, 1.165) is 16.9 Å². The SMILES string of the molecule is [2H]C([2H])([2H])[C@@H]1Cc2ccccc2N1C(=O)Cc1nc(N2CCOCC2)sc1C(N)=O. The van der Waals surface area contributed by atoms with Gasteiger partial charge >= 0.3 is 0 Å². The topological polar surface area (TPSA) is 88.8 Å². The van der Waals surface area contributed by atoms with Crippen LogP contribution in [0.5, 0.6) is 0 Å². The number of para-hydroxylation sites is 1. The molecule has 1 atom stereocenters. The average molecular weight is 389 g/mol. The first-order valence-electron chi connectivity index (χ1n) is 10.3. The number of rotatable bonds is 4. The molecule has 2 aliphatic heterocycles. The Kier molecular flexibility index (Phi) is 3.94. The quantitative estimate of drug-likeness (QED) is 0.858. The van der Waals surface area contributed by atoms with Crippen LogP contribution in [0.15, 0.2) is 24.3 Å². The molecule has 1 aromatic carbocycles. The van der Waals surface area contributed by atoms with Crippen LogP contribution in [0.3, 0.4) is 0 Å². The van der Waals surface area contributed by atoms with Gasteiger partial charge in [0.05, 0.1) is 25.3 Å². The zero-order valence-electron chi connectivity index (χ0n) is 17.7. The van der Waals surface area contributed by atoms with Crippen molar-refractivity contribution in [2.75, 3.05) is 36.1 Å². The van der Waals surface area contributed by atoms with Crippen molar-refractivity contribution in [3.8, 4) is 0 Å². The summed E-state index contributed by atoms with van der Waals surface area (Å²) in [7, 11) is 0. The standard InChI is InChI=1S/C19H22N4O3S/c1-12-10-13-4-2-3-5-15(13)23(12)16(24)11-14-17(18(20)25)27-19(21-14)22-6-8-26-9-7-22/h2-5,12H,6-11H2,1H3,(H2,20,25)/t12-/m1/s1/i1D3. The van der Waals surface area contributed by atoms with Crippen LogP contribution in [0.4, 0.5) is 10.8 Å². The molecule has 0 unspecified atom stereocenters. The maximum absolute atomic E-state index is 13.2. The zero-order valence-corrected chi connectivity index (χ0v) is 15.5. The van der Waals surface area contributed by atoms with Crippen LogP contribution in [-0.2, 0) is 22.4 Å². The summed E-state index contributed by atoms with van der Waals surface area (Å²) < 4.78 is 29.0. The molecule has 142 valence electrons. The molecule has 0 saturated carbocycles. The van der Waals surface area contributed by atoms with Gasteiger partial charge in [0.15, 0.2) is 5.13 Å². The third-order valence-corrected chi connectivity index (χ3v) is 5.93. The highest BCUT2D eigenvalue weighted by Crippen LogP contribution is 2.33. The lowest BCUT2D eigenvalue weighted by Gasteiger charge is -2.26. The van der Waals surface area contributed by atoms with Gasteiger partial charge in [0, 0.05) is 28.9 Å². The molecule has 0 aliphatic carbocycles. The van der Waals surface area contributed by atoms with Gasteiger partial charge in [0.1, 0.15) is 4.88 Å². The molecule has 1 aromatic heterocycles. The molecule has 0 spiro atoms. The Morgan fingerprint density at radius 1 is 1.37 bits per heavy atom. The van der Waals surface area contributed by atoms with Crippen molar-refractivity contribution in [1.29, 1.82) is 0 Å². The molecule has 2 aliphatic rings. The number of aromatic nitrogens is 1. The van der Waals surface area contributed by atoms with E-state index >= 15 is 0 Å². The van der Waals surface area contributed by atoms with E-state index in [1.165, 1.54) is 4.90 Å². The molecule has 27 heavy (non-hydrogen) atoms. The Morgan fingerprint density at radius 2 is 2.15 bits per heavy atom. The van der Waals surface area contributed by atoms with E-state index in [-0.39, 0.29) is 23.4 Å². The van der Waals surface area contributed by atoms with E-state index < -0.39 is 24.7 Å². The van der Waals surface area contributed by atoms with Gasteiger partial charge in [-0.05, 0) is 24.9 Å². The van der Waals surface area contributed by atoms with Crippen LogP contribution in [0, 0.1) is 0 Å². The second kappa shape index (κ2) is 7.28. The molecular weight excluding hydrogens is 364 g/mol. The van der Waals surface area contributed by atoms with E-state index in [9.17, 15) is 9.59 Å². The number of nitrogens with two attached hydrogens (primary N) is 1. The molecule has 8 heteroatoms. The predicted octanol–water partition coefficient (Wildman–Crippen LogP) is 1.60. The smallest absolute Gasteiger partial charge is 0.260 e. The van der Waals surface area contributed by atoms with Crippen LogP contribution in [-0.4, -0.2) is 49.1 Å². The average Bonchev–Trinajstić information content (AvgIpc) is 3.30. The second-order valence-electron chi connectivity index (χ2n) is 6.53. The van der Waals surface area contributed by atoms with Gasteiger partial charge in [-0.1, -0.05) is 29.5 Å². The molecule has 7 nitrogen and oxygen atoms in total. The summed E-state index contributed by atoms with van der Waals surface area (Å²) in [6, 6.07) is 6.22. The fourth-order valence-corrected chi connectivity index (χ4v) is 4.45. The summed E-state index contributed by atoms with van der Waals surface area (Å²) in [5.41, 5.74) is 7.22. The van der Waals surface area contributed by atoms with Gasteiger partial charge in [-0.15, -0.1) is 0 Å². The van der Waals surface area contributed by atoms with Crippen molar-refractivity contribution in [1.82, 2.24) is 4.98 Å². The number of morpholine rings is 1. The first-order chi connectivity index (χ1) is 14.3. The predicted molar refractivity (Wildman–Crippen MR) is 104 cm³/mol. The van der Waals surface area contributed by atoms with Crippen molar-refractivity contribution in [3.63, 3.8) is 0 Å². The Labute approximate surface area is 165 Å². The molecule has 2 amide bonds. The highest BCUT2D eigenvalue weighted by Gasteiger charge is 2.32. The van der Waals surface area contributed by atoms with Gasteiger partial charge in [-0.25, -0.2) is 4.98 Å². The van der Waals surface area contributed by atoms with E-state index in [4.69, 9.17) is 14.6 Å². The number of nitrogens with zero attached hydrogens (tertiary/aromatic N) is 3. The number of fused-ring (bicyclic) bond motifs is 1. The van der Waals surface area contributed by atoms with Crippen molar-refractivity contribution < 1.29 is 18.4 Å². The molecule has 1 fully saturated rings. The lowest BCUT2D eigenvalue weighted by atomic mass is 10.1. The Bertz CT molecular complexity index is 972. The fourth-order valence-electron chi connectivity index (χ4n) is 3.46. The number of ether oxygens (including phenoxy) is 1. The number of thiazole rings is 1. The normalized spacial score (nSPS) is 21.3. The fraction of sp³-hybridized carbons (Fsp3) is 0.421. The summed E-state index contributed by atoms with van der Waals surface area (Å²) in [4.78, 5) is 33.3. The third-order valence-electron chi connectivity index (χ3n) is 4.75. The van der Waals surface area contributed by atoms with Crippen LogP contribution < -0.4 is 15.5 Å². The minimum atomic E-state index is -2.33. The first-order valence-corrected chi connectivity index (χ1v) is 9.59. The summed E-state index contributed by atoms with van der Waals surface area (Å²) in [5.74, 6) is -1.06. The minimum absolute atomic E-state index is 0.194. The largest absolute Gasteiger partial charge is 0.378 e. The molecule has 1 saturated heterocycles. The lowest BCUT2D eigenvalue weighted by molar-refractivity contribution is -0.118. The number of hydrogen-bond donors (Lipinski definition) is 1. The minimum Gasteiger partial charge on any atom is -0.378 e. The number of amides is 2. The molecule has 4 rings (SSSR count). The van der Waals surface area contributed by atoms with Crippen LogP contribution in [0.2, 0.25) is 0 Å². The Hall–Kier alpha value is -2.45. The second-order valence-corrected chi connectivity index (χ2v) is 7.50. The maximum atomic E-state index is 13.2. The van der Waals surface area contributed by atoms with Crippen LogP contribution >= 0.6 is 11.3 Å². The number of anilines is 2. The number of carbonyl (C=O) groups excluding carboxylic acids is 2. The van der Waals surface area contributed by atoms with Gasteiger partial charge in [0.2, 0.25) is 5.91 Å². The van der Waals surface area contributed by atoms with Gasteiger partial charge < -0.3 is 20.3 Å². The summed E-state index contributed by atoms with van der Waals surface area (Å²) in [6.45, 7) is 0.0663. The zero-order chi connectivity index (χ0) is 21.5. The van der Waals surface area contributed by atoms with E-state index in [0.29, 0.717) is 37.1 Å². The number of primary amides is 1. The molecule has 3 heterocycles. The third kappa shape index (κ3) is 3.42. The van der Waals surface area contributed by atoms with Gasteiger partial charge in [-0.3, -0.25) is 9.59 Å². The molecule has 2 N–H and O–H groups in total. The van der Waals surface area contributed by atoms with Crippen molar-refractivity contribution >= 4 is 34.0 Å². The summed E-state index contributed by atoms with van der Waals surface area (Å²) >= 11 is 1.15. The van der Waals surface area contributed by atoms with E-state index in [1.54, 1.807) is 12.1 Å². The van der Waals surface area contributed by atoms with Crippen molar-refractivity contribution in [3.05, 3.63) is 40.4 Å². The summed E-state index contributed by atoms with van der Waals surface area (Å²) in [5, 5.41) is 0.615. The van der Waals surface area contributed by atoms with Crippen molar-refractivity contribution in [2.24, 2.45) is 5.73 Å². The van der Waals surface area contributed by atoms with E-state index in [2.05, 4.69) is 4.98 Å². The Balaban J connectivity index is 1.64. The van der Waals surface area contributed by atoms with Crippen LogP contribution in [0.1, 0.15) is 31.9 Å². The maximum Gasteiger partial charge on any atom is 0.260 e. The van der Waals surface area contributed by atoms with E-state index in [1.807, 2.05) is 17.0 Å². The van der Waals surface area contributed by atoms with Crippen molar-refractivity contribution in [2.45, 2.75) is 25.7 Å². The monoisotopic (exact) mass is 389 g/mol. The Morgan fingerprint density at radius 3 is 2.89 bits per heavy atom.